The van der Waals surface area contributed by atoms with Crippen molar-refractivity contribution >= 4 is 11.6 Å². The van der Waals surface area contributed by atoms with Crippen molar-refractivity contribution in [3.8, 4) is 17.1 Å². The van der Waals surface area contributed by atoms with Crippen LogP contribution < -0.4 is 15.4 Å². The van der Waals surface area contributed by atoms with Crippen LogP contribution in [0.15, 0.2) is 42.5 Å². The Bertz CT molecular complexity index is 1220. The molecule has 34 heavy (non-hydrogen) atoms. The number of ether oxygens (including phenoxy) is 2. The van der Waals surface area contributed by atoms with Crippen LogP contribution in [0.5, 0.6) is 5.88 Å². The minimum absolute atomic E-state index is 0.362. The van der Waals surface area contributed by atoms with Crippen LogP contribution >= 0.6 is 0 Å². The van der Waals surface area contributed by atoms with Gasteiger partial charge in [0.1, 0.15) is 0 Å². The lowest BCUT2D eigenvalue weighted by Gasteiger charge is -2.24. The topological polar surface area (TPSA) is 90.6 Å². The molecule has 2 aromatic carbocycles. The van der Waals surface area contributed by atoms with Crippen LogP contribution in [0.3, 0.4) is 0 Å². The summed E-state index contributed by atoms with van der Waals surface area (Å²) in [7, 11) is 0. The zero-order valence-corrected chi connectivity index (χ0v) is 19.7. The van der Waals surface area contributed by atoms with Crippen molar-refractivity contribution in [2.45, 2.75) is 45.7 Å². The fourth-order valence-corrected chi connectivity index (χ4v) is 4.89. The number of anilines is 1. The standard InChI is InChI=1S/C27H30N4O3/c1-3-34-27-24(18-8-10-33-11-9-18)14-25(29-30-27)23-13-22(7-4-17(23)2)31-15-20-6-5-19(26(28)32)12-21(20)16-31/h4-7,12-14,18H,3,8-11,15-16H2,1-2H3,(H2,28,32). The third-order valence-corrected chi connectivity index (χ3v) is 6.81. The molecular weight excluding hydrogens is 428 g/mol. The molecule has 0 atom stereocenters. The molecule has 0 spiro atoms. The highest BCUT2D eigenvalue weighted by Crippen LogP contribution is 2.37. The first-order valence-electron chi connectivity index (χ1n) is 11.9. The Balaban J connectivity index is 1.46. The summed E-state index contributed by atoms with van der Waals surface area (Å²) >= 11 is 0. The zero-order chi connectivity index (χ0) is 23.7. The number of primary amides is 1. The maximum Gasteiger partial charge on any atom is 0.248 e. The second-order valence-electron chi connectivity index (χ2n) is 9.01. The molecule has 7 heteroatoms. The molecule has 3 aromatic rings. The molecule has 5 rings (SSSR count). The summed E-state index contributed by atoms with van der Waals surface area (Å²) in [5, 5.41) is 9.02. The molecule has 0 radical (unpaired) electrons. The van der Waals surface area contributed by atoms with Gasteiger partial charge < -0.3 is 20.1 Å². The molecule has 176 valence electrons. The predicted octanol–water partition coefficient (Wildman–Crippen LogP) is 4.36. The van der Waals surface area contributed by atoms with Crippen LogP contribution in [0.2, 0.25) is 0 Å². The molecule has 2 N–H and O–H groups in total. The summed E-state index contributed by atoms with van der Waals surface area (Å²) in [4.78, 5) is 13.9. The first-order chi connectivity index (χ1) is 16.5. The van der Waals surface area contributed by atoms with Gasteiger partial charge in [0.2, 0.25) is 11.8 Å². The molecule has 2 aliphatic rings. The molecule has 2 aliphatic heterocycles. The largest absolute Gasteiger partial charge is 0.477 e. The smallest absolute Gasteiger partial charge is 0.248 e. The van der Waals surface area contributed by atoms with Gasteiger partial charge in [-0.3, -0.25) is 4.79 Å². The highest BCUT2D eigenvalue weighted by atomic mass is 16.5. The lowest BCUT2D eigenvalue weighted by Crippen LogP contribution is -2.16. The van der Waals surface area contributed by atoms with E-state index in [1.54, 1.807) is 6.07 Å². The van der Waals surface area contributed by atoms with E-state index in [0.717, 1.165) is 72.8 Å². The van der Waals surface area contributed by atoms with E-state index < -0.39 is 5.91 Å². The number of fused-ring (bicyclic) bond motifs is 1. The van der Waals surface area contributed by atoms with Gasteiger partial charge in [-0.2, -0.15) is 0 Å². The number of carbonyl (C=O) groups excluding carboxylic acids is 1. The quantitative estimate of drug-likeness (QED) is 0.590. The summed E-state index contributed by atoms with van der Waals surface area (Å²) < 4.78 is 11.4. The Labute approximate surface area is 199 Å². The number of amides is 1. The molecule has 1 aromatic heterocycles. The second kappa shape index (κ2) is 9.43. The van der Waals surface area contributed by atoms with Crippen molar-refractivity contribution in [1.82, 2.24) is 10.2 Å². The molecule has 3 heterocycles. The Morgan fingerprint density at radius 1 is 1.09 bits per heavy atom. The van der Waals surface area contributed by atoms with Crippen LogP contribution in [0, 0.1) is 6.92 Å². The van der Waals surface area contributed by atoms with Crippen LogP contribution in [-0.2, 0) is 17.8 Å². The second-order valence-corrected chi connectivity index (χ2v) is 9.01. The Kier molecular flexibility index (Phi) is 6.20. The van der Waals surface area contributed by atoms with E-state index in [4.69, 9.17) is 15.2 Å². The van der Waals surface area contributed by atoms with Crippen molar-refractivity contribution in [2.75, 3.05) is 24.7 Å². The lowest BCUT2D eigenvalue weighted by atomic mass is 9.91. The Morgan fingerprint density at radius 3 is 2.65 bits per heavy atom. The normalized spacial score (nSPS) is 15.9. The van der Waals surface area contributed by atoms with E-state index in [1.165, 1.54) is 5.56 Å². The van der Waals surface area contributed by atoms with Gasteiger partial charge in [0.05, 0.1) is 12.3 Å². The first-order valence-corrected chi connectivity index (χ1v) is 11.9. The van der Waals surface area contributed by atoms with Gasteiger partial charge in [0.25, 0.3) is 0 Å². The number of benzene rings is 2. The number of aromatic nitrogens is 2. The number of aryl methyl sites for hydroxylation is 1. The van der Waals surface area contributed by atoms with Gasteiger partial charge in [-0.05, 0) is 79.6 Å². The number of hydrogen-bond acceptors (Lipinski definition) is 6. The Morgan fingerprint density at radius 2 is 1.88 bits per heavy atom. The molecule has 0 unspecified atom stereocenters. The number of nitrogens with zero attached hydrogens (tertiary/aromatic N) is 3. The average Bonchev–Trinajstić information content (AvgIpc) is 3.29. The number of nitrogens with two attached hydrogens (primary N) is 1. The van der Waals surface area contributed by atoms with Crippen molar-refractivity contribution in [2.24, 2.45) is 5.73 Å². The van der Waals surface area contributed by atoms with E-state index in [2.05, 4.69) is 46.3 Å². The van der Waals surface area contributed by atoms with Gasteiger partial charge >= 0.3 is 0 Å². The molecule has 0 bridgehead atoms. The number of hydrogen-bond donors (Lipinski definition) is 1. The van der Waals surface area contributed by atoms with Gasteiger partial charge in [0.15, 0.2) is 0 Å². The fraction of sp³-hybridized carbons (Fsp3) is 0.370. The van der Waals surface area contributed by atoms with E-state index in [-0.39, 0.29) is 0 Å². The average molecular weight is 459 g/mol. The van der Waals surface area contributed by atoms with E-state index in [1.807, 2.05) is 19.1 Å². The van der Waals surface area contributed by atoms with E-state index in [9.17, 15) is 4.79 Å². The maximum atomic E-state index is 11.6. The Hall–Kier alpha value is -3.45. The molecular formula is C27H30N4O3. The third-order valence-electron chi connectivity index (χ3n) is 6.81. The monoisotopic (exact) mass is 458 g/mol. The third kappa shape index (κ3) is 4.35. The van der Waals surface area contributed by atoms with Crippen molar-refractivity contribution in [3.05, 3.63) is 70.3 Å². The molecule has 7 nitrogen and oxygen atoms in total. The fourth-order valence-electron chi connectivity index (χ4n) is 4.89. The summed E-state index contributed by atoms with van der Waals surface area (Å²) in [5.74, 6) is 0.598. The summed E-state index contributed by atoms with van der Waals surface area (Å²) in [6, 6.07) is 14.3. The summed E-state index contributed by atoms with van der Waals surface area (Å²) in [6.45, 7) is 7.68. The highest BCUT2D eigenvalue weighted by Gasteiger charge is 2.24. The SMILES string of the molecule is CCOc1nnc(-c2cc(N3Cc4ccc(C(N)=O)cc4C3)ccc2C)cc1C1CCOCC1. The molecule has 0 saturated carbocycles. The minimum atomic E-state index is -0.395. The maximum absolute atomic E-state index is 11.6. The van der Waals surface area contributed by atoms with Gasteiger partial charge in [-0.25, -0.2) is 0 Å². The van der Waals surface area contributed by atoms with Crippen LogP contribution in [-0.4, -0.2) is 35.9 Å². The van der Waals surface area contributed by atoms with Crippen LogP contribution in [0.4, 0.5) is 5.69 Å². The summed E-state index contributed by atoms with van der Waals surface area (Å²) in [5.41, 5.74) is 13.7. The lowest BCUT2D eigenvalue weighted by molar-refractivity contribution is 0.0844. The van der Waals surface area contributed by atoms with Gasteiger partial charge in [0, 0.05) is 48.7 Å². The molecule has 1 amide bonds. The van der Waals surface area contributed by atoms with Crippen molar-refractivity contribution in [1.29, 1.82) is 0 Å². The first kappa shape index (κ1) is 22.3. The van der Waals surface area contributed by atoms with Crippen LogP contribution in [0.1, 0.15) is 58.3 Å². The molecule has 1 fully saturated rings. The van der Waals surface area contributed by atoms with Crippen molar-refractivity contribution in [3.63, 3.8) is 0 Å². The highest BCUT2D eigenvalue weighted by molar-refractivity contribution is 5.93. The van der Waals surface area contributed by atoms with Gasteiger partial charge in [-0.1, -0.05) is 12.1 Å². The molecule has 0 aliphatic carbocycles. The predicted molar refractivity (Wildman–Crippen MR) is 131 cm³/mol. The van der Waals surface area contributed by atoms with E-state index >= 15 is 0 Å². The van der Waals surface area contributed by atoms with Crippen molar-refractivity contribution < 1.29 is 14.3 Å². The van der Waals surface area contributed by atoms with E-state index in [0.29, 0.717) is 24.0 Å². The summed E-state index contributed by atoms with van der Waals surface area (Å²) in [6.07, 6.45) is 1.92. The minimum Gasteiger partial charge on any atom is -0.477 e. The zero-order valence-electron chi connectivity index (χ0n) is 19.7. The van der Waals surface area contributed by atoms with Crippen LogP contribution in [0.25, 0.3) is 11.3 Å². The number of rotatable bonds is 6. The number of carbonyl (C=O) groups is 1. The molecule has 1 saturated heterocycles. The van der Waals surface area contributed by atoms with Gasteiger partial charge in [-0.15, -0.1) is 10.2 Å².